The topological polar surface area (TPSA) is 67.7 Å². The molecule has 0 spiro atoms. The summed E-state index contributed by atoms with van der Waals surface area (Å²) in [4.78, 5) is 16.0. The minimum absolute atomic E-state index is 0.00950. The molecule has 0 saturated heterocycles. The number of nitrogens with one attached hydrogen (secondary N) is 2. The Kier molecular flexibility index (Phi) is 8.76. The fourth-order valence-electron chi connectivity index (χ4n) is 2.79. The maximum Gasteiger partial charge on any atom is 0.422 e. The number of hydrogen-bond acceptors (Lipinski definition) is 3. The van der Waals surface area contributed by atoms with E-state index in [1.807, 2.05) is 13.0 Å². The molecule has 0 fully saturated rings. The average molecular weight is 424 g/mol. The lowest BCUT2D eigenvalue weighted by Gasteiger charge is -2.13. The highest BCUT2D eigenvalue weighted by atomic mass is 19.4. The van der Waals surface area contributed by atoms with Crippen LogP contribution in [0.4, 0.5) is 13.2 Å². The van der Waals surface area contributed by atoms with Crippen LogP contribution in [-0.4, -0.2) is 36.9 Å². The van der Waals surface area contributed by atoms with Gasteiger partial charge in [-0.25, -0.2) is 0 Å². The largest absolute Gasteiger partial charge is 0.484 e. The lowest BCUT2D eigenvalue weighted by molar-refractivity contribution is -0.153. The standard InChI is InChI=1S/C21H27F3N4O2/c1-16-6-5-7-19(29)28(16)13-4-3-12-26-20(25-2)27-14-17-8-10-18(11-9-17)30-15-21(22,23)24/h5-11H,3-4,12-15H2,1-2H3,(H2,25,26,27). The van der Waals surface area contributed by atoms with E-state index >= 15 is 0 Å². The number of nitrogens with zero attached hydrogens (tertiary/aromatic N) is 2. The molecule has 2 aromatic rings. The lowest BCUT2D eigenvalue weighted by atomic mass is 10.2. The highest BCUT2D eigenvalue weighted by molar-refractivity contribution is 5.79. The first kappa shape index (κ1) is 23.3. The van der Waals surface area contributed by atoms with E-state index in [9.17, 15) is 18.0 Å². The molecule has 164 valence electrons. The maximum atomic E-state index is 12.2. The van der Waals surface area contributed by atoms with Gasteiger partial charge < -0.3 is 19.9 Å². The summed E-state index contributed by atoms with van der Waals surface area (Å²) < 4.78 is 43.0. The molecule has 1 aromatic carbocycles. The van der Waals surface area contributed by atoms with Gasteiger partial charge in [0.15, 0.2) is 12.6 Å². The normalized spacial score (nSPS) is 12.0. The summed E-state index contributed by atoms with van der Waals surface area (Å²) in [7, 11) is 1.66. The fourth-order valence-corrected chi connectivity index (χ4v) is 2.79. The van der Waals surface area contributed by atoms with Crippen LogP contribution < -0.4 is 20.9 Å². The zero-order valence-electron chi connectivity index (χ0n) is 17.1. The van der Waals surface area contributed by atoms with Crippen LogP contribution in [0.3, 0.4) is 0 Å². The number of hydrogen-bond donors (Lipinski definition) is 2. The Labute approximate surface area is 173 Å². The highest BCUT2D eigenvalue weighted by Gasteiger charge is 2.28. The quantitative estimate of drug-likeness (QED) is 0.369. The molecule has 0 radical (unpaired) electrons. The van der Waals surface area contributed by atoms with Crippen molar-refractivity contribution in [1.82, 2.24) is 15.2 Å². The van der Waals surface area contributed by atoms with Gasteiger partial charge in [0.2, 0.25) is 0 Å². The number of benzene rings is 1. The van der Waals surface area contributed by atoms with Gasteiger partial charge in [0.05, 0.1) is 0 Å². The predicted molar refractivity (Wildman–Crippen MR) is 111 cm³/mol. The van der Waals surface area contributed by atoms with Gasteiger partial charge in [0, 0.05) is 38.4 Å². The first-order valence-electron chi connectivity index (χ1n) is 9.68. The summed E-state index contributed by atoms with van der Waals surface area (Å²) in [5.74, 6) is 0.798. The average Bonchev–Trinajstić information content (AvgIpc) is 2.70. The Morgan fingerprint density at radius 3 is 2.47 bits per heavy atom. The summed E-state index contributed by atoms with van der Waals surface area (Å²) in [5.41, 5.74) is 1.84. The Hall–Kier alpha value is -2.97. The fraction of sp³-hybridized carbons (Fsp3) is 0.429. The number of ether oxygens (including phenoxy) is 1. The van der Waals surface area contributed by atoms with E-state index in [4.69, 9.17) is 4.74 Å². The van der Waals surface area contributed by atoms with Crippen molar-refractivity contribution in [3.63, 3.8) is 0 Å². The van der Waals surface area contributed by atoms with Gasteiger partial charge >= 0.3 is 6.18 Å². The molecule has 0 unspecified atom stereocenters. The Bertz CT molecular complexity index is 877. The first-order chi connectivity index (χ1) is 14.3. The second kappa shape index (κ2) is 11.3. The molecule has 1 aromatic heterocycles. The van der Waals surface area contributed by atoms with Gasteiger partial charge in [-0.15, -0.1) is 0 Å². The third kappa shape index (κ3) is 8.18. The number of guanidine groups is 1. The van der Waals surface area contributed by atoms with Crippen LogP contribution in [0.2, 0.25) is 0 Å². The molecule has 0 bridgehead atoms. The van der Waals surface area contributed by atoms with Crippen LogP contribution in [0.25, 0.3) is 0 Å². The molecule has 6 nitrogen and oxygen atoms in total. The molecule has 0 amide bonds. The predicted octanol–water partition coefficient (Wildman–Crippen LogP) is 3.24. The van der Waals surface area contributed by atoms with Gasteiger partial charge in [0.25, 0.3) is 5.56 Å². The summed E-state index contributed by atoms with van der Waals surface area (Å²) in [6.45, 7) is 2.45. The molecule has 0 saturated carbocycles. The van der Waals surface area contributed by atoms with E-state index in [0.29, 0.717) is 25.6 Å². The summed E-state index contributed by atoms with van der Waals surface area (Å²) in [6, 6.07) is 11.7. The Morgan fingerprint density at radius 1 is 1.10 bits per heavy atom. The molecule has 0 atom stereocenters. The molecule has 2 rings (SSSR count). The molecule has 0 aliphatic heterocycles. The lowest BCUT2D eigenvalue weighted by Crippen LogP contribution is -2.37. The van der Waals surface area contributed by atoms with E-state index in [0.717, 1.165) is 24.1 Å². The third-order valence-corrected chi connectivity index (χ3v) is 4.38. The van der Waals surface area contributed by atoms with Crippen molar-refractivity contribution in [3.8, 4) is 5.75 Å². The number of aryl methyl sites for hydroxylation is 1. The molecule has 30 heavy (non-hydrogen) atoms. The zero-order chi connectivity index (χ0) is 22.0. The second-order valence-electron chi connectivity index (χ2n) is 6.76. The molecule has 0 aliphatic carbocycles. The minimum Gasteiger partial charge on any atom is -0.484 e. The second-order valence-corrected chi connectivity index (χ2v) is 6.76. The van der Waals surface area contributed by atoms with Crippen molar-refractivity contribution in [2.24, 2.45) is 4.99 Å². The van der Waals surface area contributed by atoms with Crippen LogP contribution in [0.1, 0.15) is 24.1 Å². The van der Waals surface area contributed by atoms with Gasteiger partial charge in [-0.3, -0.25) is 9.79 Å². The Morgan fingerprint density at radius 2 is 1.83 bits per heavy atom. The SMILES string of the molecule is CN=C(NCCCCn1c(C)cccc1=O)NCc1ccc(OCC(F)(F)F)cc1. The van der Waals surface area contributed by atoms with Gasteiger partial charge in [-0.05, 0) is 43.5 Å². The number of unbranched alkanes of at least 4 members (excludes halogenated alkanes) is 1. The van der Waals surface area contributed by atoms with E-state index in [-0.39, 0.29) is 11.3 Å². The number of rotatable bonds is 9. The highest BCUT2D eigenvalue weighted by Crippen LogP contribution is 2.18. The van der Waals surface area contributed by atoms with E-state index < -0.39 is 12.8 Å². The molecule has 2 N–H and O–H groups in total. The van der Waals surface area contributed by atoms with E-state index in [2.05, 4.69) is 15.6 Å². The molecule has 9 heteroatoms. The van der Waals surface area contributed by atoms with Crippen LogP contribution >= 0.6 is 0 Å². The van der Waals surface area contributed by atoms with Crippen LogP contribution in [0, 0.1) is 6.92 Å². The van der Waals surface area contributed by atoms with Crippen molar-refractivity contribution in [3.05, 3.63) is 64.1 Å². The molecular formula is C21H27F3N4O2. The summed E-state index contributed by atoms with van der Waals surface area (Å²) in [5, 5.41) is 6.36. The van der Waals surface area contributed by atoms with Crippen LogP contribution in [-0.2, 0) is 13.1 Å². The number of pyridine rings is 1. The molecular weight excluding hydrogens is 397 g/mol. The third-order valence-electron chi connectivity index (χ3n) is 4.38. The van der Waals surface area contributed by atoms with Gasteiger partial charge in [0.1, 0.15) is 5.75 Å². The number of halogens is 3. The summed E-state index contributed by atoms with van der Waals surface area (Å²) in [6.07, 6.45) is -2.63. The Balaban J connectivity index is 1.69. The van der Waals surface area contributed by atoms with Crippen molar-refractivity contribution in [1.29, 1.82) is 0 Å². The van der Waals surface area contributed by atoms with E-state index in [1.54, 1.807) is 35.9 Å². The molecule has 1 heterocycles. The van der Waals surface area contributed by atoms with Crippen LogP contribution in [0.15, 0.2) is 52.3 Å². The number of alkyl halides is 3. The monoisotopic (exact) mass is 424 g/mol. The van der Waals surface area contributed by atoms with Gasteiger partial charge in [-0.2, -0.15) is 13.2 Å². The molecule has 0 aliphatic rings. The first-order valence-corrected chi connectivity index (χ1v) is 9.68. The van der Waals surface area contributed by atoms with Crippen molar-refractivity contribution < 1.29 is 17.9 Å². The van der Waals surface area contributed by atoms with Crippen molar-refractivity contribution in [2.75, 3.05) is 20.2 Å². The maximum absolute atomic E-state index is 12.2. The minimum atomic E-state index is -4.35. The van der Waals surface area contributed by atoms with Crippen molar-refractivity contribution in [2.45, 2.75) is 39.0 Å². The number of aliphatic imine (C=N–C) groups is 1. The summed E-state index contributed by atoms with van der Waals surface area (Å²) >= 11 is 0. The number of aromatic nitrogens is 1. The zero-order valence-corrected chi connectivity index (χ0v) is 17.1. The van der Waals surface area contributed by atoms with Crippen molar-refractivity contribution >= 4 is 5.96 Å². The van der Waals surface area contributed by atoms with Crippen LogP contribution in [0.5, 0.6) is 5.75 Å². The van der Waals surface area contributed by atoms with E-state index in [1.165, 1.54) is 12.1 Å². The van der Waals surface area contributed by atoms with Gasteiger partial charge in [-0.1, -0.05) is 18.2 Å². The smallest absolute Gasteiger partial charge is 0.422 e.